The van der Waals surface area contributed by atoms with E-state index in [1.807, 2.05) is 0 Å². The highest BCUT2D eigenvalue weighted by Gasteiger charge is 2.36. The fraction of sp³-hybridized carbons (Fsp3) is 0.435. The van der Waals surface area contributed by atoms with Crippen molar-refractivity contribution in [3.63, 3.8) is 0 Å². The highest BCUT2D eigenvalue weighted by Crippen LogP contribution is 2.32. The van der Waals surface area contributed by atoms with Crippen LogP contribution in [0.2, 0.25) is 0 Å². The first-order valence-electron chi connectivity index (χ1n) is 12.2. The molecule has 2 fully saturated rings. The molecule has 4 aromatic rings. The van der Waals surface area contributed by atoms with E-state index in [0.29, 0.717) is 31.2 Å². The van der Waals surface area contributed by atoms with E-state index in [1.54, 1.807) is 4.57 Å². The Morgan fingerprint density at radius 2 is 1.43 bits per heavy atom. The predicted molar refractivity (Wildman–Crippen MR) is 138 cm³/mol. The van der Waals surface area contributed by atoms with Gasteiger partial charge in [0, 0.05) is 25.7 Å². The number of carbonyl (C=O) groups excluding carboxylic acids is 1. The van der Waals surface area contributed by atoms with Gasteiger partial charge in [-0.1, -0.05) is 0 Å². The van der Waals surface area contributed by atoms with E-state index in [2.05, 4.69) is 35.8 Å². The van der Waals surface area contributed by atoms with Gasteiger partial charge in [-0.3, -0.25) is 28.7 Å². The summed E-state index contributed by atoms with van der Waals surface area (Å²) < 4.78 is 14.4. The van der Waals surface area contributed by atoms with E-state index < -0.39 is 48.0 Å². The molecule has 0 amide bonds. The number of terminal acetylenes is 1. The molecule has 0 unspecified atom stereocenters. The first-order valence-corrected chi connectivity index (χ1v) is 12.2. The molecule has 8 N–H and O–H groups in total. The van der Waals surface area contributed by atoms with Crippen molar-refractivity contribution < 1.29 is 24.5 Å². The largest absolute Gasteiger partial charge is 0.390 e. The Morgan fingerprint density at radius 3 is 1.90 bits per heavy atom. The number of nitrogens with one attached hydrogen (secondary N) is 2. The van der Waals surface area contributed by atoms with E-state index in [4.69, 9.17) is 27.4 Å². The molecule has 40 heavy (non-hydrogen) atoms. The summed E-state index contributed by atoms with van der Waals surface area (Å²) in [7, 11) is 0. The van der Waals surface area contributed by atoms with E-state index >= 15 is 0 Å². The van der Waals surface area contributed by atoms with Gasteiger partial charge in [0.25, 0.3) is 11.1 Å². The van der Waals surface area contributed by atoms with Crippen molar-refractivity contribution in [1.29, 1.82) is 0 Å². The Labute approximate surface area is 224 Å². The van der Waals surface area contributed by atoms with Gasteiger partial charge < -0.3 is 35.9 Å². The number of aliphatic hydroxyl groups is 2. The number of aromatic nitrogens is 8. The average molecular weight is 555 g/mol. The Bertz CT molecular complexity index is 1700. The number of rotatable bonds is 5. The monoisotopic (exact) mass is 554 g/mol. The number of nitrogen functional groups attached to an aromatic ring is 2. The lowest BCUT2D eigenvalue weighted by atomic mass is 10.1. The summed E-state index contributed by atoms with van der Waals surface area (Å²) in [6, 6.07) is 0. The number of fused-ring (bicyclic) bond motifs is 2. The topological polar surface area (TPSA) is 255 Å². The van der Waals surface area contributed by atoms with Crippen LogP contribution < -0.4 is 22.6 Å². The van der Waals surface area contributed by atoms with Crippen molar-refractivity contribution >= 4 is 40.5 Å². The second kappa shape index (κ2) is 10.9. The summed E-state index contributed by atoms with van der Waals surface area (Å²) in [5.74, 6) is 2.44. The zero-order valence-corrected chi connectivity index (χ0v) is 20.9. The number of imidazole rings is 2. The lowest BCUT2D eigenvalue weighted by Gasteiger charge is -2.13. The molecule has 6 heterocycles. The standard InChI is InChI=1S/C12H13N5O3.C11H13N5O4/c1-2-3-7-6(18)4-8(20-7)17-5-14-9-10(17)15-12(13)16-11(9)19;12-11-14-9-8(10(19)15-11)13-4-16(9)7-3-5(18)6(20-7)1-2-17/h1,5-8,18H,3-4H2,(H3,13,15,16,19);2,4-7,18H,1,3H2,(H3,12,14,15,19)/t6-,7+,8+;5-,6+,7+/m00/s1. The number of hydrogen-bond donors (Lipinski definition) is 6. The molecular weight excluding hydrogens is 528 g/mol. The molecular formula is C23H26N10O7. The number of aromatic amines is 2. The maximum atomic E-state index is 11.7. The Balaban J connectivity index is 0.000000161. The smallest absolute Gasteiger partial charge is 0.280 e. The van der Waals surface area contributed by atoms with Crippen molar-refractivity contribution in [2.45, 2.75) is 62.6 Å². The second-order valence-electron chi connectivity index (χ2n) is 9.23. The minimum Gasteiger partial charge on any atom is -0.390 e. The molecule has 0 spiro atoms. The van der Waals surface area contributed by atoms with Gasteiger partial charge in [-0.2, -0.15) is 9.97 Å². The molecule has 2 aliphatic rings. The fourth-order valence-corrected chi connectivity index (χ4v) is 4.69. The Hall–Kier alpha value is -4.63. The maximum absolute atomic E-state index is 11.7. The molecule has 4 aromatic heterocycles. The molecule has 17 heteroatoms. The highest BCUT2D eigenvalue weighted by atomic mass is 16.5. The van der Waals surface area contributed by atoms with Gasteiger partial charge in [-0.25, -0.2) is 9.97 Å². The fourth-order valence-electron chi connectivity index (χ4n) is 4.69. The normalized spacial score (nSPS) is 26.0. The van der Waals surface area contributed by atoms with Gasteiger partial charge in [0.05, 0.1) is 37.1 Å². The van der Waals surface area contributed by atoms with Gasteiger partial charge >= 0.3 is 0 Å². The third kappa shape index (κ3) is 5.03. The van der Waals surface area contributed by atoms with Gasteiger partial charge in [0.15, 0.2) is 22.3 Å². The molecule has 210 valence electrons. The highest BCUT2D eigenvalue weighted by molar-refractivity contribution is 5.71. The van der Waals surface area contributed by atoms with Gasteiger partial charge in [-0.15, -0.1) is 12.3 Å². The number of H-pyrrole nitrogens is 2. The van der Waals surface area contributed by atoms with Crippen LogP contribution in [0.5, 0.6) is 0 Å². The van der Waals surface area contributed by atoms with Crippen LogP contribution in [-0.4, -0.2) is 80.0 Å². The van der Waals surface area contributed by atoms with Crippen molar-refractivity contribution in [1.82, 2.24) is 39.0 Å². The van der Waals surface area contributed by atoms with Crippen LogP contribution in [0.3, 0.4) is 0 Å². The SMILES string of the molecule is C#CC[C@H]1O[C@@H](n2cnc3c(=O)[nH]c(N)nc32)C[C@@H]1O.Nc1nc2c(ncn2[C@H]2C[C@H](O)[C@@H](CC=O)O2)c(=O)[nH]1. The maximum Gasteiger partial charge on any atom is 0.280 e. The summed E-state index contributed by atoms with van der Waals surface area (Å²) in [6.07, 6.45) is 6.46. The summed E-state index contributed by atoms with van der Waals surface area (Å²) in [5, 5.41) is 19.7. The van der Waals surface area contributed by atoms with Crippen LogP contribution in [0.15, 0.2) is 22.2 Å². The number of aldehydes is 1. The first kappa shape index (κ1) is 27.0. The summed E-state index contributed by atoms with van der Waals surface area (Å²) >= 11 is 0. The van der Waals surface area contributed by atoms with E-state index in [-0.39, 0.29) is 35.0 Å². The average Bonchev–Trinajstić information content (AvgIpc) is 3.66. The van der Waals surface area contributed by atoms with Gasteiger partial charge in [0.2, 0.25) is 11.9 Å². The van der Waals surface area contributed by atoms with Crippen molar-refractivity contribution in [2.24, 2.45) is 0 Å². The number of nitrogens with two attached hydrogens (primary N) is 2. The number of aliphatic hydroxyl groups excluding tert-OH is 2. The van der Waals surface area contributed by atoms with Crippen LogP contribution in [0.4, 0.5) is 11.9 Å². The molecule has 2 saturated heterocycles. The van der Waals surface area contributed by atoms with Crippen molar-refractivity contribution in [3.8, 4) is 12.3 Å². The number of nitrogens with zero attached hydrogens (tertiary/aromatic N) is 6. The molecule has 0 aromatic carbocycles. The van der Waals surface area contributed by atoms with Crippen LogP contribution in [0.25, 0.3) is 22.3 Å². The predicted octanol–water partition coefficient (Wildman–Crippen LogP) is -1.69. The Kier molecular flexibility index (Phi) is 7.32. The van der Waals surface area contributed by atoms with E-state index in [9.17, 15) is 24.6 Å². The molecule has 2 aliphatic heterocycles. The summed E-state index contributed by atoms with van der Waals surface area (Å²) in [4.78, 5) is 54.7. The zero-order chi connectivity index (χ0) is 28.6. The van der Waals surface area contributed by atoms with Gasteiger partial charge in [0.1, 0.15) is 18.7 Å². The van der Waals surface area contributed by atoms with E-state index in [1.165, 1.54) is 17.2 Å². The lowest BCUT2D eigenvalue weighted by Crippen LogP contribution is -2.20. The van der Waals surface area contributed by atoms with Crippen molar-refractivity contribution in [3.05, 3.63) is 33.4 Å². The zero-order valence-electron chi connectivity index (χ0n) is 20.9. The molecule has 17 nitrogen and oxygen atoms in total. The second-order valence-corrected chi connectivity index (χ2v) is 9.23. The third-order valence-corrected chi connectivity index (χ3v) is 6.58. The Morgan fingerprint density at radius 1 is 0.950 bits per heavy atom. The van der Waals surface area contributed by atoms with Crippen LogP contribution in [0.1, 0.15) is 38.1 Å². The molecule has 0 saturated carbocycles. The first-order chi connectivity index (χ1) is 19.2. The quantitative estimate of drug-likeness (QED) is 0.119. The minimum absolute atomic E-state index is 0.00275. The molecule has 0 radical (unpaired) electrons. The number of ether oxygens (including phenoxy) is 2. The molecule has 0 aliphatic carbocycles. The van der Waals surface area contributed by atoms with Crippen LogP contribution >= 0.6 is 0 Å². The van der Waals surface area contributed by atoms with Crippen LogP contribution in [0, 0.1) is 12.3 Å². The minimum atomic E-state index is -0.748. The summed E-state index contributed by atoms with van der Waals surface area (Å²) in [6.45, 7) is 0. The van der Waals surface area contributed by atoms with Crippen LogP contribution in [-0.2, 0) is 14.3 Å². The lowest BCUT2D eigenvalue weighted by molar-refractivity contribution is -0.112. The van der Waals surface area contributed by atoms with E-state index in [0.717, 1.165) is 0 Å². The number of anilines is 2. The third-order valence-electron chi connectivity index (χ3n) is 6.58. The molecule has 6 rings (SSSR count). The van der Waals surface area contributed by atoms with Gasteiger partial charge in [-0.05, 0) is 0 Å². The number of carbonyl (C=O) groups is 1. The van der Waals surface area contributed by atoms with Crippen molar-refractivity contribution in [2.75, 3.05) is 11.5 Å². The molecule has 0 bridgehead atoms. The number of hydrogen-bond acceptors (Lipinski definition) is 13. The molecule has 6 atom stereocenters. The summed E-state index contributed by atoms with van der Waals surface area (Å²) in [5.41, 5.74) is 11.1.